The number of urea groups is 1. The van der Waals surface area contributed by atoms with E-state index in [0.29, 0.717) is 30.0 Å². The van der Waals surface area contributed by atoms with Crippen LogP contribution in [0, 0.1) is 6.92 Å². The van der Waals surface area contributed by atoms with Gasteiger partial charge in [0.25, 0.3) is 0 Å². The third kappa shape index (κ3) is 13.3. The summed E-state index contributed by atoms with van der Waals surface area (Å²) in [4.78, 5) is 27.5. The lowest BCUT2D eigenvalue weighted by Crippen LogP contribution is -2.35. The molecule has 7 nitrogen and oxygen atoms in total. The van der Waals surface area contributed by atoms with E-state index in [1.165, 1.54) is 12.8 Å². The molecule has 3 rings (SSSR count). The van der Waals surface area contributed by atoms with Gasteiger partial charge in [-0.25, -0.2) is 4.79 Å². The molecule has 7 heteroatoms. The molecule has 2 aliphatic rings. The maximum atomic E-state index is 12.6. The van der Waals surface area contributed by atoms with Gasteiger partial charge in [-0.2, -0.15) is 0 Å². The molecule has 0 bridgehead atoms. The van der Waals surface area contributed by atoms with Crippen LogP contribution in [0.25, 0.3) is 0 Å². The second kappa shape index (κ2) is 20.1. The van der Waals surface area contributed by atoms with Crippen LogP contribution in [0.3, 0.4) is 0 Å². The first-order chi connectivity index (χ1) is 19.4. The Kier molecular flexibility index (Phi) is 17.2. The fourth-order valence-electron chi connectivity index (χ4n) is 3.72. The van der Waals surface area contributed by atoms with Gasteiger partial charge in [-0.15, -0.1) is 0 Å². The van der Waals surface area contributed by atoms with Crippen molar-refractivity contribution in [2.75, 3.05) is 26.2 Å². The highest BCUT2D eigenvalue weighted by Gasteiger charge is 2.13. The highest BCUT2D eigenvalue weighted by Crippen LogP contribution is 2.18. The van der Waals surface area contributed by atoms with Crippen molar-refractivity contribution in [1.82, 2.24) is 20.9 Å². The standard InChI is InChI=1S/C29H36N4O3.2C2H6/c1-22-12-15-26(16-13-22)36-27(24(3)31-29(35)32-25-10-6-4-5-7-11-25)17-14-23(2)28(34)30-18-21-33-19-8-9-20-33;2*1-2/h4-7,10,12-17H,3,8-9,11,18-21H2,1-2H3,(H,30,34)(H2,31,32,35);2*1-2H3/b23-14+,27-17+;;. The fraction of sp³-hybridized carbons (Fsp3) is 0.394. The number of rotatable bonds is 10. The van der Waals surface area contributed by atoms with E-state index in [1.807, 2.05) is 89.3 Å². The van der Waals surface area contributed by atoms with E-state index in [0.717, 1.165) is 30.9 Å². The summed E-state index contributed by atoms with van der Waals surface area (Å²) in [6.45, 7) is 19.4. The highest BCUT2D eigenvalue weighted by molar-refractivity contribution is 5.93. The van der Waals surface area contributed by atoms with E-state index in [4.69, 9.17) is 4.74 Å². The Morgan fingerprint density at radius 3 is 2.35 bits per heavy atom. The Hall–Kier alpha value is -3.84. The zero-order valence-corrected chi connectivity index (χ0v) is 25.2. The zero-order valence-electron chi connectivity index (χ0n) is 25.2. The number of amides is 3. The van der Waals surface area contributed by atoms with Crippen molar-refractivity contribution in [3.8, 4) is 5.75 Å². The molecule has 1 heterocycles. The van der Waals surface area contributed by atoms with E-state index in [2.05, 4.69) is 27.4 Å². The number of nitrogens with one attached hydrogen (secondary N) is 3. The van der Waals surface area contributed by atoms with Gasteiger partial charge >= 0.3 is 6.03 Å². The molecule has 0 aromatic heterocycles. The maximum Gasteiger partial charge on any atom is 0.323 e. The van der Waals surface area contributed by atoms with Gasteiger partial charge in [-0.1, -0.05) is 82.4 Å². The highest BCUT2D eigenvalue weighted by atomic mass is 16.5. The summed E-state index contributed by atoms with van der Waals surface area (Å²) in [7, 11) is 0. The summed E-state index contributed by atoms with van der Waals surface area (Å²) in [6.07, 6.45) is 15.9. The third-order valence-electron chi connectivity index (χ3n) is 5.83. The molecule has 1 aliphatic carbocycles. The van der Waals surface area contributed by atoms with E-state index in [9.17, 15) is 9.59 Å². The molecule has 218 valence electrons. The number of hydrogen-bond acceptors (Lipinski definition) is 4. The molecule has 0 radical (unpaired) electrons. The van der Waals surface area contributed by atoms with Crippen molar-refractivity contribution in [2.24, 2.45) is 0 Å². The monoisotopic (exact) mass is 548 g/mol. The van der Waals surface area contributed by atoms with Gasteiger partial charge in [0, 0.05) is 30.8 Å². The second-order valence-electron chi connectivity index (χ2n) is 8.87. The molecule has 1 saturated heterocycles. The first-order valence-electron chi connectivity index (χ1n) is 14.3. The van der Waals surface area contributed by atoms with E-state index in [1.54, 1.807) is 19.1 Å². The smallest absolute Gasteiger partial charge is 0.323 e. The summed E-state index contributed by atoms with van der Waals surface area (Å²) in [6, 6.07) is 7.13. The molecule has 0 saturated carbocycles. The van der Waals surface area contributed by atoms with Gasteiger partial charge in [0.1, 0.15) is 11.5 Å². The minimum absolute atomic E-state index is 0.141. The van der Waals surface area contributed by atoms with Gasteiger partial charge in [-0.05, 0) is 64.1 Å². The Morgan fingerprint density at radius 2 is 1.68 bits per heavy atom. The van der Waals surface area contributed by atoms with Crippen molar-refractivity contribution in [3.05, 3.63) is 102 Å². The van der Waals surface area contributed by atoms with Crippen molar-refractivity contribution in [3.63, 3.8) is 0 Å². The fourth-order valence-corrected chi connectivity index (χ4v) is 3.72. The number of benzene rings is 1. The molecular formula is C33H48N4O3. The van der Waals surface area contributed by atoms with Gasteiger partial charge in [-0.3, -0.25) is 4.79 Å². The molecule has 1 aromatic rings. The van der Waals surface area contributed by atoms with Gasteiger partial charge in [0.2, 0.25) is 5.91 Å². The van der Waals surface area contributed by atoms with Crippen LogP contribution in [0.2, 0.25) is 0 Å². The number of nitrogens with zero attached hydrogens (tertiary/aromatic N) is 1. The second-order valence-corrected chi connectivity index (χ2v) is 8.87. The van der Waals surface area contributed by atoms with Crippen molar-refractivity contribution in [1.29, 1.82) is 0 Å². The molecule has 3 N–H and O–H groups in total. The molecule has 0 unspecified atom stereocenters. The van der Waals surface area contributed by atoms with Crippen molar-refractivity contribution in [2.45, 2.75) is 60.8 Å². The third-order valence-corrected chi connectivity index (χ3v) is 5.83. The number of ether oxygens (including phenoxy) is 1. The minimum Gasteiger partial charge on any atom is -0.455 e. The molecule has 1 aromatic carbocycles. The maximum absolute atomic E-state index is 12.6. The predicted octanol–water partition coefficient (Wildman–Crippen LogP) is 6.68. The topological polar surface area (TPSA) is 82.7 Å². The lowest BCUT2D eigenvalue weighted by atomic mass is 10.2. The Bertz CT molecular complexity index is 1090. The van der Waals surface area contributed by atoms with Gasteiger partial charge in [0.05, 0.1) is 5.70 Å². The van der Waals surface area contributed by atoms with Crippen molar-refractivity contribution >= 4 is 11.9 Å². The molecule has 40 heavy (non-hydrogen) atoms. The van der Waals surface area contributed by atoms with Crippen LogP contribution in [-0.2, 0) is 4.79 Å². The quantitative estimate of drug-likeness (QED) is 0.173. The van der Waals surface area contributed by atoms with Gasteiger partial charge < -0.3 is 25.6 Å². The zero-order chi connectivity index (χ0) is 29.8. The lowest BCUT2D eigenvalue weighted by Gasteiger charge is -2.15. The largest absolute Gasteiger partial charge is 0.455 e. The Labute approximate surface area is 241 Å². The normalized spacial score (nSPS) is 14.9. The summed E-state index contributed by atoms with van der Waals surface area (Å²) < 4.78 is 6.02. The van der Waals surface area contributed by atoms with Crippen LogP contribution in [-0.4, -0.2) is 43.0 Å². The molecule has 0 atom stereocenters. The first-order valence-corrected chi connectivity index (χ1v) is 14.3. The molecule has 1 fully saturated rings. The summed E-state index contributed by atoms with van der Waals surface area (Å²) in [5.41, 5.74) is 2.66. The predicted molar refractivity (Wildman–Crippen MR) is 167 cm³/mol. The minimum atomic E-state index is -0.422. The van der Waals surface area contributed by atoms with Crippen LogP contribution in [0.1, 0.15) is 59.4 Å². The van der Waals surface area contributed by atoms with Crippen LogP contribution < -0.4 is 20.7 Å². The van der Waals surface area contributed by atoms with E-state index >= 15 is 0 Å². The number of hydrogen-bond donors (Lipinski definition) is 3. The molecule has 3 amide bonds. The summed E-state index contributed by atoms with van der Waals surface area (Å²) in [5.74, 6) is 0.781. The SMILES string of the molecule is C=C(NC(=O)NC1=CC=CC=CC1)/C(=C\C=C(/C)C(=O)NCCN1CCCC1)Oc1ccc(C)cc1.CC.CC. The average Bonchev–Trinajstić information content (AvgIpc) is 3.36. The Balaban J connectivity index is 0.00000191. The van der Waals surface area contributed by atoms with Crippen molar-refractivity contribution < 1.29 is 14.3 Å². The van der Waals surface area contributed by atoms with E-state index < -0.39 is 6.03 Å². The summed E-state index contributed by atoms with van der Waals surface area (Å²) in [5, 5.41) is 8.53. The van der Waals surface area contributed by atoms with Gasteiger partial charge in [0.15, 0.2) is 0 Å². The molecule has 0 spiro atoms. The number of carbonyl (C=O) groups is 2. The number of likely N-dealkylation sites (tertiary alicyclic amines) is 1. The molecular weight excluding hydrogens is 500 g/mol. The lowest BCUT2D eigenvalue weighted by molar-refractivity contribution is -0.117. The average molecular weight is 549 g/mol. The van der Waals surface area contributed by atoms with Crippen LogP contribution in [0.15, 0.2) is 96.1 Å². The number of aryl methyl sites for hydroxylation is 1. The molecule has 1 aliphatic heterocycles. The van der Waals surface area contributed by atoms with Crippen LogP contribution in [0.4, 0.5) is 4.79 Å². The first kappa shape index (κ1) is 34.2. The number of carbonyl (C=O) groups excluding carboxylic acids is 2. The Morgan fingerprint density at radius 1 is 1.00 bits per heavy atom. The number of allylic oxidation sites excluding steroid dienone is 7. The van der Waals surface area contributed by atoms with Crippen LogP contribution in [0.5, 0.6) is 5.75 Å². The van der Waals surface area contributed by atoms with Crippen LogP contribution >= 0.6 is 0 Å². The summed E-state index contributed by atoms with van der Waals surface area (Å²) >= 11 is 0. The van der Waals surface area contributed by atoms with E-state index in [-0.39, 0.29) is 11.6 Å².